The molecule has 1 rings (SSSR count). The van der Waals surface area contributed by atoms with Crippen LogP contribution in [0.5, 0.6) is 0 Å². The van der Waals surface area contributed by atoms with Crippen LogP contribution >= 0.6 is 0 Å². The lowest BCUT2D eigenvalue weighted by Gasteiger charge is -2.26. The van der Waals surface area contributed by atoms with Crippen LogP contribution in [0.1, 0.15) is 34.6 Å². The van der Waals surface area contributed by atoms with E-state index < -0.39 is 0 Å². The zero-order valence-electron chi connectivity index (χ0n) is 8.10. The van der Waals surface area contributed by atoms with Gasteiger partial charge in [-0.25, -0.2) is 0 Å². The molecule has 1 saturated heterocycles. The summed E-state index contributed by atoms with van der Waals surface area (Å²) in [5.41, 5.74) is 0.188. The van der Waals surface area contributed by atoms with E-state index in [0.717, 1.165) is 6.61 Å². The number of ether oxygens (including phenoxy) is 2. The van der Waals surface area contributed by atoms with Gasteiger partial charge in [0.05, 0.1) is 12.7 Å². The molecule has 0 N–H and O–H groups in total. The highest BCUT2D eigenvalue weighted by molar-refractivity contribution is 4.80. The molecule has 0 aromatic rings. The van der Waals surface area contributed by atoms with Gasteiger partial charge in [0.15, 0.2) is 5.79 Å². The molecule has 1 unspecified atom stereocenters. The largest absolute Gasteiger partial charge is 0.348 e. The van der Waals surface area contributed by atoms with Gasteiger partial charge in [-0.1, -0.05) is 20.8 Å². The molecule has 1 aliphatic heterocycles. The molecular formula is C9H18O2. The van der Waals surface area contributed by atoms with Gasteiger partial charge in [-0.3, -0.25) is 0 Å². The summed E-state index contributed by atoms with van der Waals surface area (Å²) in [6, 6.07) is 0. The van der Waals surface area contributed by atoms with Crippen LogP contribution in [0.15, 0.2) is 0 Å². The lowest BCUT2D eigenvalue weighted by atomic mass is 9.90. The molecule has 0 saturated carbocycles. The molecule has 0 amide bonds. The first-order valence-electron chi connectivity index (χ1n) is 4.13. The molecule has 0 aliphatic carbocycles. The maximum absolute atomic E-state index is 5.69. The molecule has 1 heterocycles. The molecular weight excluding hydrogens is 140 g/mol. The van der Waals surface area contributed by atoms with Crippen LogP contribution in [0.3, 0.4) is 0 Å². The topological polar surface area (TPSA) is 18.5 Å². The maximum Gasteiger partial charge on any atom is 0.163 e. The van der Waals surface area contributed by atoms with Crippen molar-refractivity contribution in [3.05, 3.63) is 0 Å². The maximum atomic E-state index is 5.69. The fourth-order valence-electron chi connectivity index (χ4n) is 1.11. The number of rotatable bonds is 0. The van der Waals surface area contributed by atoms with Crippen LogP contribution in [-0.2, 0) is 9.47 Å². The lowest BCUT2D eigenvalue weighted by molar-refractivity contribution is -0.150. The van der Waals surface area contributed by atoms with Gasteiger partial charge in [0.25, 0.3) is 0 Å². The van der Waals surface area contributed by atoms with Gasteiger partial charge < -0.3 is 9.47 Å². The fourth-order valence-corrected chi connectivity index (χ4v) is 1.11. The standard InChI is InChI=1S/C9H18O2/c1-8(2,3)7-6-10-9(4,5)11-7/h7H,6H2,1-5H3. The zero-order chi connectivity index (χ0) is 8.70. The van der Waals surface area contributed by atoms with Crippen molar-refractivity contribution in [2.75, 3.05) is 6.61 Å². The van der Waals surface area contributed by atoms with Gasteiger partial charge in [0.1, 0.15) is 0 Å². The van der Waals surface area contributed by atoms with E-state index in [0.29, 0.717) is 0 Å². The molecule has 66 valence electrons. The third-order valence-corrected chi connectivity index (χ3v) is 1.97. The Hall–Kier alpha value is -0.0800. The Morgan fingerprint density at radius 1 is 1.27 bits per heavy atom. The van der Waals surface area contributed by atoms with E-state index in [1.807, 2.05) is 13.8 Å². The van der Waals surface area contributed by atoms with Gasteiger partial charge in [-0.05, 0) is 19.3 Å². The van der Waals surface area contributed by atoms with Crippen molar-refractivity contribution in [1.29, 1.82) is 0 Å². The minimum atomic E-state index is -0.377. The summed E-state index contributed by atoms with van der Waals surface area (Å²) in [6.07, 6.45) is 0.234. The van der Waals surface area contributed by atoms with E-state index in [1.54, 1.807) is 0 Å². The summed E-state index contributed by atoms with van der Waals surface area (Å²) >= 11 is 0. The first-order chi connectivity index (χ1) is 4.81. The van der Waals surface area contributed by atoms with Crippen LogP contribution in [0.4, 0.5) is 0 Å². The molecule has 2 nitrogen and oxygen atoms in total. The summed E-state index contributed by atoms with van der Waals surface area (Å²) < 4.78 is 11.1. The normalized spacial score (nSPS) is 30.8. The third-order valence-electron chi connectivity index (χ3n) is 1.97. The van der Waals surface area contributed by atoms with E-state index in [2.05, 4.69) is 20.8 Å². The first-order valence-corrected chi connectivity index (χ1v) is 4.13. The van der Waals surface area contributed by atoms with Gasteiger partial charge >= 0.3 is 0 Å². The Balaban J connectivity index is 2.55. The Morgan fingerprint density at radius 2 is 1.82 bits per heavy atom. The predicted molar refractivity (Wildman–Crippen MR) is 44.4 cm³/mol. The SMILES string of the molecule is CC1(C)OCC(C(C)(C)C)O1. The highest BCUT2D eigenvalue weighted by Crippen LogP contribution is 2.32. The van der Waals surface area contributed by atoms with E-state index in [9.17, 15) is 0 Å². The highest BCUT2D eigenvalue weighted by atomic mass is 16.7. The lowest BCUT2D eigenvalue weighted by Crippen LogP contribution is -2.30. The van der Waals surface area contributed by atoms with Crippen LogP contribution in [0, 0.1) is 5.41 Å². The van der Waals surface area contributed by atoms with Gasteiger partial charge in [-0.2, -0.15) is 0 Å². The molecule has 0 radical (unpaired) electrons. The summed E-state index contributed by atoms with van der Waals surface area (Å²) in [4.78, 5) is 0. The van der Waals surface area contributed by atoms with Crippen molar-refractivity contribution in [2.24, 2.45) is 5.41 Å². The summed E-state index contributed by atoms with van der Waals surface area (Å²) in [6.45, 7) is 11.1. The van der Waals surface area contributed by atoms with E-state index in [1.165, 1.54) is 0 Å². The Labute approximate surface area is 68.9 Å². The molecule has 0 aromatic heterocycles. The van der Waals surface area contributed by atoms with Gasteiger partial charge in [0.2, 0.25) is 0 Å². The van der Waals surface area contributed by atoms with E-state index in [-0.39, 0.29) is 17.3 Å². The van der Waals surface area contributed by atoms with Gasteiger partial charge in [-0.15, -0.1) is 0 Å². The first kappa shape index (κ1) is 9.01. The number of hydrogen-bond donors (Lipinski definition) is 0. The quantitative estimate of drug-likeness (QED) is 0.538. The molecule has 1 fully saturated rings. The van der Waals surface area contributed by atoms with Crippen LogP contribution in [-0.4, -0.2) is 18.5 Å². The molecule has 1 atom stereocenters. The van der Waals surface area contributed by atoms with Crippen molar-refractivity contribution >= 4 is 0 Å². The second kappa shape index (κ2) is 2.46. The van der Waals surface area contributed by atoms with Crippen molar-refractivity contribution in [2.45, 2.75) is 46.5 Å². The second-order valence-electron chi connectivity index (χ2n) is 4.68. The predicted octanol–water partition coefficient (Wildman–Crippen LogP) is 2.18. The minimum absolute atomic E-state index is 0.188. The Kier molecular flexibility index (Phi) is 2.01. The second-order valence-corrected chi connectivity index (χ2v) is 4.68. The molecule has 0 aromatic carbocycles. The Morgan fingerprint density at radius 3 is 2.00 bits per heavy atom. The smallest absolute Gasteiger partial charge is 0.163 e. The summed E-state index contributed by atoms with van der Waals surface area (Å²) in [5, 5.41) is 0. The van der Waals surface area contributed by atoms with Crippen LogP contribution < -0.4 is 0 Å². The highest BCUT2D eigenvalue weighted by Gasteiger charge is 2.38. The monoisotopic (exact) mass is 158 g/mol. The zero-order valence-corrected chi connectivity index (χ0v) is 8.10. The average Bonchev–Trinajstić information content (AvgIpc) is 2.07. The van der Waals surface area contributed by atoms with Crippen molar-refractivity contribution in [1.82, 2.24) is 0 Å². The van der Waals surface area contributed by atoms with Crippen molar-refractivity contribution in [3.63, 3.8) is 0 Å². The molecule has 1 aliphatic rings. The van der Waals surface area contributed by atoms with E-state index in [4.69, 9.17) is 9.47 Å². The van der Waals surface area contributed by atoms with Crippen LogP contribution in [0.2, 0.25) is 0 Å². The van der Waals surface area contributed by atoms with Crippen molar-refractivity contribution in [3.8, 4) is 0 Å². The van der Waals surface area contributed by atoms with Crippen molar-refractivity contribution < 1.29 is 9.47 Å². The summed E-state index contributed by atoms with van der Waals surface area (Å²) in [7, 11) is 0. The average molecular weight is 158 g/mol. The molecule has 0 bridgehead atoms. The van der Waals surface area contributed by atoms with E-state index >= 15 is 0 Å². The minimum Gasteiger partial charge on any atom is -0.348 e. The van der Waals surface area contributed by atoms with Gasteiger partial charge in [0, 0.05) is 0 Å². The Bertz CT molecular complexity index is 144. The molecule has 0 spiro atoms. The number of hydrogen-bond acceptors (Lipinski definition) is 2. The fraction of sp³-hybridized carbons (Fsp3) is 1.00. The molecule has 11 heavy (non-hydrogen) atoms. The molecule has 2 heteroatoms. The van der Waals surface area contributed by atoms with Crippen LogP contribution in [0.25, 0.3) is 0 Å². The summed E-state index contributed by atoms with van der Waals surface area (Å²) in [5.74, 6) is -0.377. The third kappa shape index (κ3) is 2.17.